The van der Waals surface area contributed by atoms with Crippen LogP contribution in [0.15, 0.2) is 0 Å². The van der Waals surface area contributed by atoms with Gasteiger partial charge in [-0.1, -0.05) is 41.5 Å². The Morgan fingerprint density at radius 1 is 1.02 bits per heavy atom. The first kappa shape index (κ1) is 32.2. The molecule has 7 nitrogen and oxygen atoms in total. The molecule has 43 heavy (non-hydrogen) atoms. The SMILES string of the molecule is CO[C@H]1O[C@@H]([C@H](O)C(C)(C)O)C[C@H]1[C@@H]1CC[C@]23C[C@]12CC[C@@H]1[C@@]2(C)CC[C@@H](OC(=O)CC(C)C)C(C)(C)[C@@H]2C[C@@H](O)[C@]13C. The third-order valence-electron chi connectivity index (χ3n) is 14.9. The van der Waals surface area contributed by atoms with E-state index in [1.165, 1.54) is 12.8 Å². The number of fused-ring (bicyclic) bond motifs is 3. The molecule has 0 spiro atoms. The van der Waals surface area contributed by atoms with Gasteiger partial charge in [0.2, 0.25) is 0 Å². The molecule has 0 radical (unpaired) electrons. The largest absolute Gasteiger partial charge is 0.462 e. The minimum absolute atomic E-state index is 0.0863. The molecule has 0 aromatic heterocycles. The zero-order valence-corrected chi connectivity index (χ0v) is 28.3. The van der Waals surface area contributed by atoms with Crippen molar-refractivity contribution in [2.24, 2.45) is 56.7 Å². The number of aliphatic hydroxyl groups excluding tert-OH is 2. The van der Waals surface area contributed by atoms with Crippen LogP contribution in [0.4, 0.5) is 0 Å². The summed E-state index contributed by atoms with van der Waals surface area (Å²) in [6, 6.07) is 0. The van der Waals surface area contributed by atoms with Gasteiger partial charge in [-0.25, -0.2) is 0 Å². The van der Waals surface area contributed by atoms with Gasteiger partial charge in [-0.3, -0.25) is 4.79 Å². The van der Waals surface area contributed by atoms with E-state index in [1.807, 2.05) is 0 Å². The monoisotopic (exact) mass is 604 g/mol. The summed E-state index contributed by atoms with van der Waals surface area (Å²) in [7, 11) is 1.70. The molecule has 7 heteroatoms. The summed E-state index contributed by atoms with van der Waals surface area (Å²) < 4.78 is 18.3. The molecule has 246 valence electrons. The molecule has 0 aromatic rings. The fraction of sp³-hybridized carbons (Fsp3) is 0.972. The van der Waals surface area contributed by atoms with E-state index >= 15 is 0 Å². The number of carbonyl (C=O) groups is 1. The summed E-state index contributed by atoms with van der Waals surface area (Å²) in [6.07, 6.45) is 7.27. The van der Waals surface area contributed by atoms with Gasteiger partial charge in [0.25, 0.3) is 0 Å². The summed E-state index contributed by atoms with van der Waals surface area (Å²) in [6.45, 7) is 16.9. The summed E-state index contributed by atoms with van der Waals surface area (Å²) in [5.41, 5.74) is -1.20. The molecule has 3 N–H and O–H groups in total. The predicted octanol–water partition coefficient (Wildman–Crippen LogP) is 5.86. The van der Waals surface area contributed by atoms with E-state index in [4.69, 9.17) is 14.2 Å². The van der Waals surface area contributed by atoms with Crippen LogP contribution in [0.1, 0.15) is 120 Å². The molecular weight excluding hydrogens is 544 g/mol. The summed E-state index contributed by atoms with van der Waals surface area (Å²) in [4.78, 5) is 12.7. The second-order valence-corrected chi connectivity index (χ2v) is 18.0. The van der Waals surface area contributed by atoms with Gasteiger partial charge >= 0.3 is 5.97 Å². The van der Waals surface area contributed by atoms with Crippen molar-refractivity contribution in [2.75, 3.05) is 7.11 Å². The molecule has 0 bridgehead atoms. The molecule has 0 unspecified atom stereocenters. The number of aliphatic hydroxyl groups is 3. The maximum atomic E-state index is 12.7. The Bertz CT molecular complexity index is 1100. The first-order valence-corrected chi connectivity index (χ1v) is 17.4. The lowest BCUT2D eigenvalue weighted by Crippen LogP contribution is -2.66. The Balaban J connectivity index is 1.25. The van der Waals surface area contributed by atoms with Gasteiger partial charge in [0.15, 0.2) is 6.29 Å². The van der Waals surface area contributed by atoms with E-state index in [0.717, 1.165) is 38.5 Å². The number of hydrogen-bond donors (Lipinski definition) is 3. The second kappa shape index (κ2) is 10.1. The van der Waals surface area contributed by atoms with Crippen LogP contribution in [-0.4, -0.2) is 64.7 Å². The highest BCUT2D eigenvalue weighted by Crippen LogP contribution is 2.91. The Labute approximate surface area is 259 Å². The van der Waals surface area contributed by atoms with Crippen molar-refractivity contribution in [1.82, 2.24) is 0 Å². The second-order valence-electron chi connectivity index (χ2n) is 18.0. The highest BCUT2D eigenvalue weighted by Gasteiger charge is 2.86. The number of carbonyl (C=O) groups excluding carboxylic acids is 1. The Hall–Kier alpha value is -0.730. The molecule has 6 fully saturated rings. The molecule has 5 aliphatic carbocycles. The fourth-order valence-corrected chi connectivity index (χ4v) is 13.0. The zero-order chi connectivity index (χ0) is 31.5. The highest BCUT2D eigenvalue weighted by atomic mass is 16.7. The zero-order valence-electron chi connectivity index (χ0n) is 28.3. The maximum Gasteiger partial charge on any atom is 0.306 e. The molecule has 13 atom stereocenters. The summed E-state index contributed by atoms with van der Waals surface area (Å²) in [5.74, 6) is 1.53. The minimum Gasteiger partial charge on any atom is -0.462 e. The van der Waals surface area contributed by atoms with E-state index in [2.05, 4.69) is 41.5 Å². The number of hydrogen-bond acceptors (Lipinski definition) is 7. The standard InChI is InChI=1S/C36H60O7/c1-20(2)16-28(38)43-27-12-13-33(7)24-11-14-35-19-36(35,34(24,8)26(37)18-25(33)31(27,3)4)15-10-22(35)21-17-23(42-30(21)41-9)29(39)32(5,6)40/h20-27,29-30,37,39-40H,10-19H2,1-9H3/t21-,22-,23+,24+,25-,26+,27+,29-,30-,33+,34-,35+,36+/m0/s1. The molecule has 6 rings (SSSR count). The maximum absolute atomic E-state index is 12.7. The van der Waals surface area contributed by atoms with Crippen LogP contribution in [0.3, 0.4) is 0 Å². The normalized spacial score (nSPS) is 50.8. The fourth-order valence-electron chi connectivity index (χ4n) is 13.0. The van der Waals surface area contributed by atoms with Crippen LogP contribution in [0.25, 0.3) is 0 Å². The molecule has 0 amide bonds. The lowest BCUT2D eigenvalue weighted by atomic mass is 9.37. The van der Waals surface area contributed by atoms with Crippen LogP contribution >= 0.6 is 0 Å². The van der Waals surface area contributed by atoms with Crippen LogP contribution in [0.2, 0.25) is 0 Å². The lowest BCUT2D eigenvalue weighted by molar-refractivity contribution is -0.246. The van der Waals surface area contributed by atoms with Crippen LogP contribution in [0, 0.1) is 56.7 Å². The third-order valence-corrected chi connectivity index (χ3v) is 14.9. The molecule has 6 aliphatic rings. The molecule has 1 heterocycles. The quantitative estimate of drug-likeness (QED) is 0.313. The number of methoxy groups -OCH3 is 1. The highest BCUT2D eigenvalue weighted by molar-refractivity contribution is 5.69. The van der Waals surface area contributed by atoms with Gasteiger partial charge in [0.1, 0.15) is 12.2 Å². The Morgan fingerprint density at radius 2 is 1.72 bits per heavy atom. The van der Waals surface area contributed by atoms with Crippen LogP contribution in [0.5, 0.6) is 0 Å². The van der Waals surface area contributed by atoms with Gasteiger partial charge in [0.05, 0.1) is 17.8 Å². The average Bonchev–Trinajstić information content (AvgIpc) is 3.23. The third kappa shape index (κ3) is 4.33. The minimum atomic E-state index is -1.24. The van der Waals surface area contributed by atoms with E-state index in [-0.39, 0.29) is 63.4 Å². The Morgan fingerprint density at radius 3 is 2.35 bits per heavy atom. The van der Waals surface area contributed by atoms with E-state index in [1.54, 1.807) is 21.0 Å². The first-order valence-electron chi connectivity index (χ1n) is 17.4. The van der Waals surface area contributed by atoms with Gasteiger partial charge in [-0.2, -0.15) is 0 Å². The van der Waals surface area contributed by atoms with Crippen molar-refractivity contribution in [1.29, 1.82) is 0 Å². The number of esters is 1. The molecule has 1 aliphatic heterocycles. The molecule has 0 aromatic carbocycles. The van der Waals surface area contributed by atoms with Crippen LogP contribution in [-0.2, 0) is 19.0 Å². The van der Waals surface area contributed by atoms with Gasteiger partial charge in [-0.05, 0) is 112 Å². The van der Waals surface area contributed by atoms with Crippen molar-refractivity contribution < 1.29 is 34.3 Å². The van der Waals surface area contributed by atoms with E-state index < -0.39 is 17.8 Å². The molecular formula is C36H60O7. The van der Waals surface area contributed by atoms with E-state index in [9.17, 15) is 20.1 Å². The first-order chi connectivity index (χ1) is 19.9. The van der Waals surface area contributed by atoms with Crippen molar-refractivity contribution in [3.8, 4) is 0 Å². The van der Waals surface area contributed by atoms with Gasteiger partial charge in [0, 0.05) is 30.3 Å². The summed E-state index contributed by atoms with van der Waals surface area (Å²) in [5, 5.41) is 33.7. The molecule has 1 saturated heterocycles. The number of ether oxygens (including phenoxy) is 3. The summed E-state index contributed by atoms with van der Waals surface area (Å²) >= 11 is 0. The van der Waals surface area contributed by atoms with Crippen molar-refractivity contribution in [3.05, 3.63) is 0 Å². The Kier molecular flexibility index (Phi) is 7.59. The lowest BCUT2D eigenvalue weighted by Gasteiger charge is -2.68. The van der Waals surface area contributed by atoms with Gasteiger partial charge < -0.3 is 29.5 Å². The van der Waals surface area contributed by atoms with Crippen LogP contribution < -0.4 is 0 Å². The number of rotatable bonds is 7. The van der Waals surface area contributed by atoms with Crippen molar-refractivity contribution in [3.63, 3.8) is 0 Å². The van der Waals surface area contributed by atoms with Crippen molar-refractivity contribution in [2.45, 2.75) is 156 Å². The van der Waals surface area contributed by atoms with E-state index in [0.29, 0.717) is 30.6 Å². The average molecular weight is 605 g/mol. The smallest absolute Gasteiger partial charge is 0.306 e. The molecule has 5 saturated carbocycles. The van der Waals surface area contributed by atoms with Gasteiger partial charge in [-0.15, -0.1) is 0 Å². The van der Waals surface area contributed by atoms with Crippen molar-refractivity contribution >= 4 is 5.97 Å². The topological polar surface area (TPSA) is 105 Å². The predicted molar refractivity (Wildman–Crippen MR) is 164 cm³/mol.